The van der Waals surface area contributed by atoms with Crippen molar-refractivity contribution in [2.45, 2.75) is 6.54 Å². The van der Waals surface area contributed by atoms with Crippen LogP contribution in [0.15, 0.2) is 54.6 Å². The quantitative estimate of drug-likeness (QED) is 0.665. The van der Waals surface area contributed by atoms with Crippen molar-refractivity contribution in [2.75, 3.05) is 12.4 Å². The molecule has 0 heterocycles. The van der Waals surface area contributed by atoms with Crippen molar-refractivity contribution < 1.29 is 19.1 Å². The Morgan fingerprint density at radius 2 is 1.57 bits per heavy atom. The highest BCUT2D eigenvalue weighted by atomic mass is 16.5. The topological polar surface area (TPSA) is 84.5 Å². The van der Waals surface area contributed by atoms with Gasteiger partial charge in [0, 0.05) is 6.54 Å². The molecule has 0 saturated carbocycles. The number of carbonyl (C=O) groups excluding carboxylic acids is 3. The zero-order valence-corrected chi connectivity index (χ0v) is 12.5. The Kier molecular flexibility index (Phi) is 5.46. The van der Waals surface area contributed by atoms with Gasteiger partial charge in [-0.05, 0) is 17.7 Å². The molecule has 0 radical (unpaired) electrons. The smallest absolute Gasteiger partial charge is 0.339 e. The van der Waals surface area contributed by atoms with Crippen molar-refractivity contribution in [3.8, 4) is 0 Å². The first kappa shape index (κ1) is 16.2. The number of hydrogen-bond donors (Lipinski definition) is 2. The minimum Gasteiger partial charge on any atom is -0.465 e. The van der Waals surface area contributed by atoms with E-state index in [0.29, 0.717) is 0 Å². The van der Waals surface area contributed by atoms with Crippen molar-refractivity contribution in [3.63, 3.8) is 0 Å². The third-order valence-electron chi connectivity index (χ3n) is 3.08. The fraction of sp³-hybridized carbons (Fsp3) is 0.118. The van der Waals surface area contributed by atoms with Gasteiger partial charge in [-0.3, -0.25) is 9.59 Å². The Morgan fingerprint density at radius 1 is 0.913 bits per heavy atom. The van der Waals surface area contributed by atoms with Crippen LogP contribution in [0.2, 0.25) is 0 Å². The average molecular weight is 312 g/mol. The number of benzene rings is 2. The van der Waals surface area contributed by atoms with E-state index in [9.17, 15) is 14.4 Å². The number of rotatable bonds is 4. The first-order valence-electron chi connectivity index (χ1n) is 6.92. The second-order valence-corrected chi connectivity index (χ2v) is 4.66. The van der Waals surface area contributed by atoms with E-state index >= 15 is 0 Å². The number of para-hydroxylation sites is 1. The largest absolute Gasteiger partial charge is 0.465 e. The summed E-state index contributed by atoms with van der Waals surface area (Å²) >= 11 is 0. The molecule has 2 aromatic carbocycles. The summed E-state index contributed by atoms with van der Waals surface area (Å²) in [6, 6.07) is 15.5. The van der Waals surface area contributed by atoms with E-state index in [1.54, 1.807) is 12.1 Å². The van der Waals surface area contributed by atoms with E-state index in [4.69, 9.17) is 0 Å². The van der Waals surface area contributed by atoms with E-state index in [2.05, 4.69) is 15.4 Å². The molecule has 0 bridgehead atoms. The van der Waals surface area contributed by atoms with Gasteiger partial charge in [0.15, 0.2) is 0 Å². The minimum absolute atomic E-state index is 0.180. The SMILES string of the molecule is COC(=O)c1ccccc1NC(=O)C(=O)NCc1ccccc1. The summed E-state index contributed by atoms with van der Waals surface area (Å²) in [7, 11) is 1.24. The van der Waals surface area contributed by atoms with Crippen LogP contribution in [-0.2, 0) is 20.9 Å². The van der Waals surface area contributed by atoms with Crippen molar-refractivity contribution in [2.24, 2.45) is 0 Å². The molecule has 0 saturated heterocycles. The lowest BCUT2D eigenvalue weighted by Crippen LogP contribution is -2.35. The van der Waals surface area contributed by atoms with Gasteiger partial charge in [-0.2, -0.15) is 0 Å². The van der Waals surface area contributed by atoms with E-state index in [1.807, 2.05) is 30.3 Å². The molecule has 2 rings (SSSR count). The molecule has 2 amide bonds. The van der Waals surface area contributed by atoms with Crippen LogP contribution in [0.1, 0.15) is 15.9 Å². The van der Waals surface area contributed by atoms with Gasteiger partial charge in [0.2, 0.25) is 0 Å². The summed E-state index contributed by atoms with van der Waals surface area (Å²) in [5.74, 6) is -2.23. The maximum absolute atomic E-state index is 11.9. The van der Waals surface area contributed by atoms with Crippen LogP contribution in [0, 0.1) is 0 Å². The minimum atomic E-state index is -0.850. The number of ether oxygens (including phenoxy) is 1. The van der Waals surface area contributed by atoms with Gasteiger partial charge in [0.25, 0.3) is 0 Å². The Balaban J connectivity index is 1.99. The standard InChI is InChI=1S/C17H16N2O4/c1-23-17(22)13-9-5-6-10-14(13)19-16(21)15(20)18-11-12-7-3-2-4-8-12/h2-10H,11H2,1H3,(H,18,20)(H,19,21). The molecule has 0 atom stereocenters. The van der Waals surface area contributed by atoms with Crippen molar-refractivity contribution in [1.82, 2.24) is 5.32 Å². The van der Waals surface area contributed by atoms with Crippen LogP contribution in [0.3, 0.4) is 0 Å². The molecule has 0 aliphatic heterocycles. The summed E-state index contributed by atoms with van der Waals surface area (Å²) in [4.78, 5) is 35.4. The molecule has 2 aromatic rings. The molecule has 0 aromatic heterocycles. The summed E-state index contributed by atoms with van der Waals surface area (Å²) in [5.41, 5.74) is 1.28. The third-order valence-corrected chi connectivity index (χ3v) is 3.08. The molecule has 0 fully saturated rings. The van der Waals surface area contributed by atoms with Crippen LogP contribution in [-0.4, -0.2) is 24.9 Å². The van der Waals surface area contributed by atoms with Gasteiger partial charge in [-0.15, -0.1) is 0 Å². The highest BCUT2D eigenvalue weighted by Crippen LogP contribution is 2.15. The van der Waals surface area contributed by atoms with E-state index in [0.717, 1.165) is 5.56 Å². The average Bonchev–Trinajstić information content (AvgIpc) is 2.60. The third kappa shape index (κ3) is 4.41. The number of esters is 1. The van der Waals surface area contributed by atoms with Crippen LogP contribution in [0.25, 0.3) is 0 Å². The Hall–Kier alpha value is -3.15. The van der Waals surface area contributed by atoms with Crippen LogP contribution >= 0.6 is 0 Å². The lowest BCUT2D eigenvalue weighted by Gasteiger charge is -2.09. The predicted octanol–water partition coefficient (Wildman–Crippen LogP) is 1.73. The maximum Gasteiger partial charge on any atom is 0.339 e. The molecule has 6 heteroatoms. The molecular weight excluding hydrogens is 296 g/mol. The summed E-state index contributed by atoms with van der Waals surface area (Å²) < 4.78 is 4.63. The first-order chi connectivity index (χ1) is 11.1. The van der Waals surface area contributed by atoms with E-state index in [1.165, 1.54) is 19.2 Å². The second kappa shape index (κ2) is 7.74. The number of carbonyl (C=O) groups is 3. The molecule has 118 valence electrons. The van der Waals surface area contributed by atoms with Gasteiger partial charge >= 0.3 is 17.8 Å². The van der Waals surface area contributed by atoms with Crippen LogP contribution < -0.4 is 10.6 Å². The summed E-state index contributed by atoms with van der Waals surface area (Å²) in [6.07, 6.45) is 0. The number of amides is 2. The Morgan fingerprint density at radius 3 is 2.26 bits per heavy atom. The molecule has 23 heavy (non-hydrogen) atoms. The van der Waals surface area contributed by atoms with Crippen molar-refractivity contribution in [1.29, 1.82) is 0 Å². The summed E-state index contributed by atoms with van der Waals surface area (Å²) in [5, 5.41) is 4.92. The molecule has 6 nitrogen and oxygen atoms in total. The molecular formula is C17H16N2O4. The van der Waals surface area contributed by atoms with Crippen LogP contribution in [0.5, 0.6) is 0 Å². The normalized spacial score (nSPS) is 9.78. The number of nitrogens with one attached hydrogen (secondary N) is 2. The predicted molar refractivity (Wildman–Crippen MR) is 84.7 cm³/mol. The van der Waals surface area contributed by atoms with Gasteiger partial charge < -0.3 is 15.4 Å². The molecule has 0 aliphatic rings. The highest BCUT2D eigenvalue weighted by Gasteiger charge is 2.17. The lowest BCUT2D eigenvalue weighted by molar-refractivity contribution is -0.136. The fourth-order valence-electron chi connectivity index (χ4n) is 1.92. The number of methoxy groups -OCH3 is 1. The highest BCUT2D eigenvalue weighted by molar-refractivity contribution is 6.39. The number of anilines is 1. The van der Waals surface area contributed by atoms with Gasteiger partial charge in [0.1, 0.15) is 0 Å². The zero-order chi connectivity index (χ0) is 16.7. The van der Waals surface area contributed by atoms with Crippen molar-refractivity contribution >= 4 is 23.5 Å². The van der Waals surface area contributed by atoms with Crippen molar-refractivity contribution in [3.05, 3.63) is 65.7 Å². The molecule has 0 unspecified atom stereocenters. The second-order valence-electron chi connectivity index (χ2n) is 4.66. The van der Waals surface area contributed by atoms with E-state index < -0.39 is 17.8 Å². The monoisotopic (exact) mass is 312 g/mol. The Labute approximate surface area is 133 Å². The molecule has 0 aliphatic carbocycles. The van der Waals surface area contributed by atoms with E-state index in [-0.39, 0.29) is 17.8 Å². The molecule has 0 spiro atoms. The zero-order valence-electron chi connectivity index (χ0n) is 12.5. The lowest BCUT2D eigenvalue weighted by atomic mass is 10.2. The van der Waals surface area contributed by atoms with Gasteiger partial charge in [0.05, 0.1) is 18.4 Å². The fourth-order valence-corrected chi connectivity index (χ4v) is 1.92. The first-order valence-corrected chi connectivity index (χ1v) is 6.92. The maximum atomic E-state index is 11.9. The number of hydrogen-bond acceptors (Lipinski definition) is 4. The summed E-state index contributed by atoms with van der Waals surface area (Å²) in [6.45, 7) is 0.242. The van der Waals surface area contributed by atoms with Gasteiger partial charge in [-0.1, -0.05) is 42.5 Å². The van der Waals surface area contributed by atoms with Crippen LogP contribution in [0.4, 0.5) is 5.69 Å². The molecule has 2 N–H and O–H groups in total. The Bertz CT molecular complexity index is 714. The van der Waals surface area contributed by atoms with Gasteiger partial charge in [-0.25, -0.2) is 4.79 Å².